The molecule has 1 atom stereocenters. The number of piperidine rings is 1. The Morgan fingerprint density at radius 3 is 2.65 bits per heavy atom. The summed E-state index contributed by atoms with van der Waals surface area (Å²) in [5.74, 6) is -0.487. The zero-order valence-corrected chi connectivity index (χ0v) is 12.4. The van der Waals surface area contributed by atoms with Crippen LogP contribution in [-0.2, 0) is 9.59 Å². The van der Waals surface area contributed by atoms with Crippen molar-refractivity contribution in [3.8, 4) is 0 Å². The first-order valence-corrected chi connectivity index (χ1v) is 7.15. The van der Waals surface area contributed by atoms with E-state index in [0.29, 0.717) is 24.7 Å². The summed E-state index contributed by atoms with van der Waals surface area (Å²) in [7, 11) is 0. The van der Waals surface area contributed by atoms with Gasteiger partial charge in [0.1, 0.15) is 0 Å². The van der Waals surface area contributed by atoms with Gasteiger partial charge in [0.2, 0.25) is 0 Å². The Labute approximate surface area is 120 Å². The molecule has 0 radical (unpaired) electrons. The number of aryl methyl sites for hydroxylation is 2. The van der Waals surface area contributed by atoms with Gasteiger partial charge in [0.05, 0.1) is 0 Å². The molecule has 1 aromatic rings. The first-order valence-electron chi connectivity index (χ1n) is 7.15. The molecule has 1 heterocycles. The van der Waals surface area contributed by atoms with Crippen LogP contribution >= 0.6 is 0 Å². The lowest BCUT2D eigenvalue weighted by Gasteiger charge is -2.30. The predicted molar refractivity (Wildman–Crippen MR) is 79.5 cm³/mol. The van der Waals surface area contributed by atoms with Gasteiger partial charge < -0.3 is 10.2 Å². The second kappa shape index (κ2) is 6.07. The summed E-state index contributed by atoms with van der Waals surface area (Å²) in [6, 6.07) is 5.66. The van der Waals surface area contributed by atoms with E-state index < -0.39 is 11.8 Å². The fraction of sp³-hybridized carbons (Fsp3) is 0.500. The average Bonchev–Trinajstić information content (AvgIpc) is 2.42. The molecule has 1 aliphatic heterocycles. The van der Waals surface area contributed by atoms with Crippen LogP contribution in [0.25, 0.3) is 0 Å². The summed E-state index contributed by atoms with van der Waals surface area (Å²) < 4.78 is 0. The minimum Gasteiger partial charge on any atom is -0.334 e. The van der Waals surface area contributed by atoms with E-state index >= 15 is 0 Å². The lowest BCUT2D eigenvalue weighted by Crippen LogP contribution is -2.44. The van der Waals surface area contributed by atoms with Gasteiger partial charge in [0.25, 0.3) is 0 Å². The largest absolute Gasteiger partial charge is 0.334 e. The van der Waals surface area contributed by atoms with Crippen molar-refractivity contribution in [2.45, 2.75) is 33.6 Å². The van der Waals surface area contributed by atoms with Gasteiger partial charge >= 0.3 is 11.8 Å². The van der Waals surface area contributed by atoms with E-state index in [-0.39, 0.29) is 0 Å². The monoisotopic (exact) mass is 274 g/mol. The van der Waals surface area contributed by atoms with Gasteiger partial charge in [-0.3, -0.25) is 9.59 Å². The summed E-state index contributed by atoms with van der Waals surface area (Å²) in [5, 5.41) is 2.69. The van der Waals surface area contributed by atoms with E-state index in [1.54, 1.807) is 4.90 Å². The number of hydrogen-bond donors (Lipinski definition) is 1. The average molecular weight is 274 g/mol. The number of nitrogens with one attached hydrogen (secondary N) is 1. The molecule has 2 amide bonds. The Balaban J connectivity index is 2.00. The highest BCUT2D eigenvalue weighted by Gasteiger charge is 2.26. The van der Waals surface area contributed by atoms with Crippen LogP contribution in [0.4, 0.5) is 5.69 Å². The molecule has 1 N–H and O–H groups in total. The third-order valence-electron chi connectivity index (χ3n) is 3.90. The molecule has 1 aliphatic rings. The Hall–Kier alpha value is -1.84. The minimum atomic E-state index is -0.539. The molecular formula is C16H22N2O2. The molecule has 20 heavy (non-hydrogen) atoms. The van der Waals surface area contributed by atoms with Crippen molar-refractivity contribution >= 4 is 17.5 Å². The number of carbonyl (C=O) groups is 2. The number of carbonyl (C=O) groups excluding carboxylic acids is 2. The molecule has 0 saturated carbocycles. The fourth-order valence-corrected chi connectivity index (χ4v) is 2.52. The molecule has 1 unspecified atom stereocenters. The van der Waals surface area contributed by atoms with Crippen LogP contribution in [0.15, 0.2) is 18.2 Å². The molecule has 108 valence electrons. The second-order valence-corrected chi connectivity index (χ2v) is 5.75. The fourth-order valence-electron chi connectivity index (χ4n) is 2.52. The van der Waals surface area contributed by atoms with Gasteiger partial charge in [0, 0.05) is 18.8 Å². The third kappa shape index (κ3) is 3.38. The Bertz CT molecular complexity index is 525. The van der Waals surface area contributed by atoms with Crippen molar-refractivity contribution in [2.75, 3.05) is 18.4 Å². The molecule has 4 heteroatoms. The normalized spacial score (nSPS) is 18.8. The highest BCUT2D eigenvalue weighted by atomic mass is 16.2. The van der Waals surface area contributed by atoms with Crippen molar-refractivity contribution in [3.63, 3.8) is 0 Å². The van der Waals surface area contributed by atoms with Crippen molar-refractivity contribution < 1.29 is 9.59 Å². The molecule has 1 aromatic carbocycles. The lowest BCUT2D eigenvalue weighted by molar-refractivity contribution is -0.144. The molecular weight excluding hydrogens is 252 g/mol. The molecule has 1 fully saturated rings. The zero-order chi connectivity index (χ0) is 14.7. The van der Waals surface area contributed by atoms with Gasteiger partial charge in [-0.1, -0.05) is 13.0 Å². The maximum atomic E-state index is 12.1. The van der Waals surface area contributed by atoms with Crippen LogP contribution in [0, 0.1) is 19.8 Å². The summed E-state index contributed by atoms with van der Waals surface area (Å²) in [4.78, 5) is 25.8. The highest BCUT2D eigenvalue weighted by Crippen LogP contribution is 2.17. The van der Waals surface area contributed by atoms with Gasteiger partial charge in [-0.2, -0.15) is 0 Å². The van der Waals surface area contributed by atoms with E-state index in [9.17, 15) is 9.59 Å². The van der Waals surface area contributed by atoms with Crippen molar-refractivity contribution in [1.82, 2.24) is 4.90 Å². The Kier molecular flexibility index (Phi) is 4.42. The lowest BCUT2D eigenvalue weighted by atomic mass is 10.0. The molecule has 0 bridgehead atoms. The van der Waals surface area contributed by atoms with Gasteiger partial charge in [0.15, 0.2) is 0 Å². The SMILES string of the molecule is Cc1ccc(NC(=O)C(=O)N2CCCC(C)C2)cc1C. The van der Waals surface area contributed by atoms with Crippen LogP contribution in [0.2, 0.25) is 0 Å². The minimum absolute atomic E-state index is 0.422. The molecule has 0 aromatic heterocycles. The number of amides is 2. The number of benzene rings is 1. The van der Waals surface area contributed by atoms with Crippen LogP contribution in [0.5, 0.6) is 0 Å². The molecule has 1 saturated heterocycles. The number of nitrogens with zero attached hydrogens (tertiary/aromatic N) is 1. The zero-order valence-electron chi connectivity index (χ0n) is 12.4. The van der Waals surface area contributed by atoms with E-state index in [0.717, 1.165) is 18.4 Å². The summed E-state index contributed by atoms with van der Waals surface area (Å²) in [6.45, 7) is 7.48. The summed E-state index contributed by atoms with van der Waals surface area (Å²) in [5.41, 5.74) is 2.94. The third-order valence-corrected chi connectivity index (χ3v) is 3.90. The quantitative estimate of drug-likeness (QED) is 0.800. The first-order chi connectivity index (χ1) is 9.47. The topological polar surface area (TPSA) is 49.4 Å². The maximum Gasteiger partial charge on any atom is 0.313 e. The second-order valence-electron chi connectivity index (χ2n) is 5.75. The Morgan fingerprint density at radius 2 is 2.00 bits per heavy atom. The van der Waals surface area contributed by atoms with Crippen molar-refractivity contribution in [1.29, 1.82) is 0 Å². The highest BCUT2D eigenvalue weighted by molar-refractivity contribution is 6.39. The first kappa shape index (κ1) is 14.6. The maximum absolute atomic E-state index is 12.1. The van der Waals surface area contributed by atoms with Gasteiger partial charge in [-0.15, -0.1) is 0 Å². The summed E-state index contributed by atoms with van der Waals surface area (Å²) >= 11 is 0. The van der Waals surface area contributed by atoms with Crippen LogP contribution in [0.1, 0.15) is 30.9 Å². The van der Waals surface area contributed by atoms with Gasteiger partial charge in [-0.25, -0.2) is 0 Å². The van der Waals surface area contributed by atoms with Crippen LogP contribution in [0.3, 0.4) is 0 Å². The van der Waals surface area contributed by atoms with Gasteiger partial charge in [-0.05, 0) is 55.9 Å². The predicted octanol–water partition coefficient (Wildman–Crippen LogP) is 2.50. The van der Waals surface area contributed by atoms with E-state index in [1.165, 1.54) is 5.56 Å². The molecule has 2 rings (SSSR count). The molecule has 0 spiro atoms. The van der Waals surface area contributed by atoms with Crippen molar-refractivity contribution in [3.05, 3.63) is 29.3 Å². The van der Waals surface area contributed by atoms with Crippen LogP contribution < -0.4 is 5.32 Å². The van der Waals surface area contributed by atoms with E-state index in [2.05, 4.69) is 12.2 Å². The number of rotatable bonds is 1. The number of likely N-dealkylation sites (tertiary alicyclic amines) is 1. The van der Waals surface area contributed by atoms with Crippen LogP contribution in [-0.4, -0.2) is 29.8 Å². The summed E-state index contributed by atoms with van der Waals surface area (Å²) in [6.07, 6.45) is 2.10. The van der Waals surface area contributed by atoms with Crippen molar-refractivity contribution in [2.24, 2.45) is 5.92 Å². The number of hydrogen-bond acceptors (Lipinski definition) is 2. The van der Waals surface area contributed by atoms with E-state index in [4.69, 9.17) is 0 Å². The smallest absolute Gasteiger partial charge is 0.313 e. The number of anilines is 1. The van der Waals surface area contributed by atoms with E-state index in [1.807, 2.05) is 32.0 Å². The Morgan fingerprint density at radius 1 is 1.25 bits per heavy atom. The molecule has 4 nitrogen and oxygen atoms in total. The standard InChI is InChI=1S/C16H22N2O2/c1-11-5-4-8-18(10-11)16(20)15(19)17-14-7-6-12(2)13(3)9-14/h6-7,9,11H,4-5,8,10H2,1-3H3,(H,17,19). The molecule has 0 aliphatic carbocycles.